The average molecular weight is 338 g/mol. The van der Waals surface area contributed by atoms with Gasteiger partial charge < -0.3 is 15.0 Å². The fraction of sp³-hybridized carbons (Fsp3) is 0.300. The smallest absolute Gasteiger partial charge is 0.251 e. The monoisotopic (exact) mass is 338 g/mol. The van der Waals surface area contributed by atoms with Crippen LogP contribution in [0.5, 0.6) is 5.75 Å². The maximum atomic E-state index is 12.4. The Bertz CT molecular complexity index is 773. The second-order valence-electron chi connectivity index (χ2n) is 6.11. The molecular weight excluding hydrogens is 316 g/mol. The van der Waals surface area contributed by atoms with Crippen LogP contribution in [0.4, 0.5) is 0 Å². The molecular formula is C20H22N2O3. The Hall–Kier alpha value is -2.82. The predicted octanol–water partition coefficient (Wildman–Crippen LogP) is 2.75. The summed E-state index contributed by atoms with van der Waals surface area (Å²) in [5.74, 6) is 0.802. The molecule has 2 aromatic rings. The maximum Gasteiger partial charge on any atom is 0.251 e. The van der Waals surface area contributed by atoms with E-state index in [2.05, 4.69) is 5.32 Å². The molecule has 1 N–H and O–H groups in total. The number of para-hydroxylation sites is 1. The Labute approximate surface area is 147 Å². The van der Waals surface area contributed by atoms with Gasteiger partial charge in [-0.25, -0.2) is 0 Å². The Balaban J connectivity index is 1.64. The molecule has 25 heavy (non-hydrogen) atoms. The number of benzene rings is 2. The van der Waals surface area contributed by atoms with E-state index >= 15 is 0 Å². The molecule has 0 atom stereocenters. The van der Waals surface area contributed by atoms with Gasteiger partial charge in [0.15, 0.2) is 0 Å². The molecule has 1 heterocycles. The Morgan fingerprint density at radius 2 is 2.04 bits per heavy atom. The molecule has 2 aromatic carbocycles. The van der Waals surface area contributed by atoms with Gasteiger partial charge in [0.2, 0.25) is 5.91 Å². The van der Waals surface area contributed by atoms with E-state index in [1.807, 2.05) is 47.4 Å². The highest BCUT2D eigenvalue weighted by Crippen LogP contribution is 2.18. The van der Waals surface area contributed by atoms with Crippen molar-refractivity contribution in [3.05, 3.63) is 65.2 Å². The van der Waals surface area contributed by atoms with Gasteiger partial charge in [-0.2, -0.15) is 0 Å². The second kappa shape index (κ2) is 7.83. The fourth-order valence-electron chi connectivity index (χ4n) is 3.03. The third kappa shape index (κ3) is 4.18. The lowest BCUT2D eigenvalue weighted by Gasteiger charge is -2.16. The molecule has 1 saturated heterocycles. The van der Waals surface area contributed by atoms with Gasteiger partial charge in [0.05, 0.1) is 7.11 Å². The van der Waals surface area contributed by atoms with Crippen molar-refractivity contribution in [3.8, 4) is 5.75 Å². The molecule has 0 saturated carbocycles. The first-order valence-electron chi connectivity index (χ1n) is 8.44. The Morgan fingerprint density at radius 3 is 2.80 bits per heavy atom. The number of ether oxygens (including phenoxy) is 1. The van der Waals surface area contributed by atoms with E-state index in [0.717, 1.165) is 29.8 Å². The normalized spacial score (nSPS) is 13.8. The molecule has 130 valence electrons. The van der Waals surface area contributed by atoms with Gasteiger partial charge >= 0.3 is 0 Å². The summed E-state index contributed by atoms with van der Waals surface area (Å²) in [6.07, 6.45) is 1.54. The van der Waals surface area contributed by atoms with Crippen LogP contribution in [0.1, 0.15) is 34.3 Å². The number of likely N-dealkylation sites (tertiary alicyclic amines) is 1. The molecule has 3 rings (SSSR count). The third-order valence-electron chi connectivity index (χ3n) is 4.37. The van der Waals surface area contributed by atoms with Crippen molar-refractivity contribution in [1.29, 1.82) is 0 Å². The molecule has 0 aromatic heterocycles. The lowest BCUT2D eigenvalue weighted by atomic mass is 10.1. The predicted molar refractivity (Wildman–Crippen MR) is 95.3 cm³/mol. The van der Waals surface area contributed by atoms with Gasteiger partial charge in [0, 0.05) is 37.2 Å². The fourth-order valence-corrected chi connectivity index (χ4v) is 3.03. The average Bonchev–Trinajstić information content (AvgIpc) is 3.04. The van der Waals surface area contributed by atoms with Gasteiger partial charge in [0.1, 0.15) is 5.75 Å². The van der Waals surface area contributed by atoms with E-state index in [-0.39, 0.29) is 11.8 Å². The molecule has 0 aliphatic carbocycles. The first kappa shape index (κ1) is 17.0. The number of rotatable bonds is 6. The number of hydrogen-bond donors (Lipinski definition) is 1. The van der Waals surface area contributed by atoms with E-state index in [4.69, 9.17) is 4.74 Å². The van der Waals surface area contributed by atoms with E-state index in [1.54, 1.807) is 13.2 Å². The summed E-state index contributed by atoms with van der Waals surface area (Å²) < 4.78 is 5.30. The second-order valence-corrected chi connectivity index (χ2v) is 6.11. The minimum absolute atomic E-state index is 0.138. The van der Waals surface area contributed by atoms with Crippen molar-refractivity contribution in [2.45, 2.75) is 25.9 Å². The van der Waals surface area contributed by atoms with Crippen molar-refractivity contribution in [2.75, 3.05) is 13.7 Å². The third-order valence-corrected chi connectivity index (χ3v) is 4.37. The van der Waals surface area contributed by atoms with Crippen LogP contribution in [0, 0.1) is 0 Å². The molecule has 1 fully saturated rings. The van der Waals surface area contributed by atoms with Crippen LogP contribution < -0.4 is 10.1 Å². The number of carbonyl (C=O) groups excluding carboxylic acids is 2. The highest BCUT2D eigenvalue weighted by atomic mass is 16.5. The molecule has 0 radical (unpaired) electrons. The molecule has 2 amide bonds. The minimum Gasteiger partial charge on any atom is -0.496 e. The van der Waals surface area contributed by atoms with Crippen molar-refractivity contribution >= 4 is 11.8 Å². The molecule has 5 nitrogen and oxygen atoms in total. The summed E-state index contributed by atoms with van der Waals surface area (Å²) in [5, 5.41) is 2.92. The van der Waals surface area contributed by atoms with E-state index < -0.39 is 0 Å². The van der Waals surface area contributed by atoms with Crippen LogP contribution in [0.3, 0.4) is 0 Å². The number of nitrogens with zero attached hydrogens (tertiary/aromatic N) is 1. The van der Waals surface area contributed by atoms with E-state index in [9.17, 15) is 9.59 Å². The van der Waals surface area contributed by atoms with Crippen LogP contribution in [0.2, 0.25) is 0 Å². The van der Waals surface area contributed by atoms with Crippen molar-refractivity contribution in [1.82, 2.24) is 10.2 Å². The van der Waals surface area contributed by atoms with Crippen molar-refractivity contribution in [3.63, 3.8) is 0 Å². The van der Waals surface area contributed by atoms with Gasteiger partial charge in [-0.1, -0.05) is 30.3 Å². The zero-order valence-electron chi connectivity index (χ0n) is 14.3. The zero-order valence-corrected chi connectivity index (χ0v) is 14.3. The lowest BCUT2D eigenvalue weighted by molar-refractivity contribution is -0.128. The summed E-state index contributed by atoms with van der Waals surface area (Å²) in [6.45, 7) is 1.76. The zero-order chi connectivity index (χ0) is 17.6. The molecule has 5 heteroatoms. The highest BCUT2D eigenvalue weighted by molar-refractivity contribution is 5.94. The SMILES string of the molecule is COc1ccccc1CNC(=O)c1cccc(CN2CCCC2=O)c1. The molecule has 1 aliphatic heterocycles. The first-order chi connectivity index (χ1) is 12.2. The van der Waals surface area contributed by atoms with Gasteiger partial charge in [-0.15, -0.1) is 0 Å². The summed E-state index contributed by atoms with van der Waals surface area (Å²) in [5.41, 5.74) is 2.50. The lowest BCUT2D eigenvalue weighted by Crippen LogP contribution is -2.25. The quantitative estimate of drug-likeness (QED) is 0.881. The summed E-state index contributed by atoms with van der Waals surface area (Å²) >= 11 is 0. The van der Waals surface area contributed by atoms with E-state index in [1.165, 1.54) is 0 Å². The van der Waals surface area contributed by atoms with Crippen LogP contribution in [-0.2, 0) is 17.9 Å². The highest BCUT2D eigenvalue weighted by Gasteiger charge is 2.20. The molecule has 0 unspecified atom stereocenters. The number of hydrogen-bond acceptors (Lipinski definition) is 3. The van der Waals surface area contributed by atoms with Crippen LogP contribution >= 0.6 is 0 Å². The number of carbonyl (C=O) groups is 2. The van der Waals surface area contributed by atoms with Crippen LogP contribution in [0.25, 0.3) is 0 Å². The molecule has 0 bridgehead atoms. The summed E-state index contributed by atoms with van der Waals surface area (Å²) in [6, 6.07) is 15.0. The molecule has 0 spiro atoms. The standard InChI is InChI=1S/C20H22N2O3/c1-25-18-9-3-2-7-17(18)13-21-20(24)16-8-4-6-15(12-16)14-22-11-5-10-19(22)23/h2-4,6-9,12H,5,10-11,13-14H2,1H3,(H,21,24). The topological polar surface area (TPSA) is 58.6 Å². The summed E-state index contributed by atoms with van der Waals surface area (Å²) in [7, 11) is 1.61. The minimum atomic E-state index is -0.138. The van der Waals surface area contributed by atoms with Gasteiger partial charge in [0.25, 0.3) is 5.91 Å². The number of amides is 2. The summed E-state index contributed by atoms with van der Waals surface area (Å²) in [4.78, 5) is 26.0. The molecule has 1 aliphatic rings. The first-order valence-corrected chi connectivity index (χ1v) is 8.44. The van der Waals surface area contributed by atoms with Crippen molar-refractivity contribution in [2.24, 2.45) is 0 Å². The number of methoxy groups -OCH3 is 1. The largest absolute Gasteiger partial charge is 0.496 e. The Morgan fingerprint density at radius 1 is 1.20 bits per heavy atom. The number of nitrogens with one attached hydrogen (secondary N) is 1. The van der Waals surface area contributed by atoms with Crippen LogP contribution in [0.15, 0.2) is 48.5 Å². The maximum absolute atomic E-state index is 12.4. The van der Waals surface area contributed by atoms with Gasteiger partial charge in [-0.05, 0) is 30.2 Å². The van der Waals surface area contributed by atoms with Crippen LogP contribution in [-0.4, -0.2) is 30.4 Å². The van der Waals surface area contributed by atoms with Crippen molar-refractivity contribution < 1.29 is 14.3 Å². The Kier molecular flexibility index (Phi) is 5.33. The van der Waals surface area contributed by atoms with E-state index in [0.29, 0.717) is 25.1 Å². The van der Waals surface area contributed by atoms with Gasteiger partial charge in [-0.3, -0.25) is 9.59 Å².